The summed E-state index contributed by atoms with van der Waals surface area (Å²) in [6.07, 6.45) is 22.1. The van der Waals surface area contributed by atoms with Gasteiger partial charge in [0, 0.05) is 0 Å². The second-order valence-corrected chi connectivity index (χ2v) is 4.32. The molecule has 3 nitrogen and oxygen atoms in total. The van der Waals surface area contributed by atoms with Gasteiger partial charge >= 0.3 is 26.2 Å². The molecule has 0 saturated carbocycles. The molecule has 0 N–H and O–H groups in total. The molecule has 3 aliphatic carbocycles. The van der Waals surface area contributed by atoms with Gasteiger partial charge in [-0.1, -0.05) is 0 Å². The largest absolute Gasteiger partial charge is 2.00 e. The molecule has 0 unspecified atom stereocenters. The molecule has 6 radical (unpaired) electrons. The Morgan fingerprint density at radius 3 is 0.889 bits per heavy atom. The summed E-state index contributed by atoms with van der Waals surface area (Å²) in [5, 5.41) is 0. The molecule has 0 fully saturated rings. The molecule has 0 aromatic rings. The Balaban J connectivity index is -0.000000303. The maximum absolute atomic E-state index is 4.89. The number of hydrogen-bond donors (Lipinski definition) is 0. The van der Waals surface area contributed by atoms with E-state index >= 15 is 0 Å². The van der Waals surface area contributed by atoms with Crippen LogP contribution in [0.15, 0.2) is 89.2 Å². The van der Waals surface area contributed by atoms with E-state index in [1.807, 2.05) is 73.9 Å². The van der Waals surface area contributed by atoms with Crippen LogP contribution in [-0.2, 0) is 14.2 Å². The smallest absolute Gasteiger partial charge is 1.00 e. The second-order valence-electron chi connectivity index (χ2n) is 4.32. The zero-order valence-electron chi connectivity index (χ0n) is 15.4. The topological polar surface area (TPSA) is 27.7 Å². The first-order chi connectivity index (χ1) is 11.8. The van der Waals surface area contributed by atoms with Gasteiger partial charge in [0.25, 0.3) is 0 Å². The third kappa shape index (κ3) is 15.4. The van der Waals surface area contributed by atoms with Crippen LogP contribution in [0.2, 0.25) is 0 Å². The fraction of sp³-hybridized carbons (Fsp3) is 0.143. The second kappa shape index (κ2) is 20.9. The summed E-state index contributed by atoms with van der Waals surface area (Å²) in [6.45, 7) is 0. The van der Waals surface area contributed by atoms with Crippen molar-refractivity contribution in [1.82, 2.24) is 0 Å². The molecule has 0 bridgehead atoms. The van der Waals surface area contributed by atoms with E-state index in [9.17, 15) is 0 Å². The molecule has 3 rings (SSSR count). The molecule has 6 heteroatoms. The molecule has 0 spiro atoms. The van der Waals surface area contributed by atoms with Gasteiger partial charge in [-0.2, -0.15) is 0 Å². The minimum Gasteiger partial charge on any atom is -1.00 e. The molecule has 142 valence electrons. The van der Waals surface area contributed by atoms with Crippen molar-refractivity contribution >= 4 is 26.2 Å². The summed E-state index contributed by atoms with van der Waals surface area (Å²) in [4.78, 5) is 0. The van der Waals surface area contributed by atoms with E-state index in [1.165, 1.54) is 0 Å². The number of halogens is 2. The van der Waals surface area contributed by atoms with Crippen LogP contribution < -0.4 is 24.8 Å². The molecular formula is C21H21BiCl2O3. The molecule has 0 aliphatic heterocycles. The Bertz CT molecular complexity index is 589. The van der Waals surface area contributed by atoms with E-state index in [2.05, 4.69) is 17.2 Å². The van der Waals surface area contributed by atoms with Crippen LogP contribution in [0.5, 0.6) is 0 Å². The summed E-state index contributed by atoms with van der Waals surface area (Å²) in [5.41, 5.74) is 8.66. The number of hydrogen-bond acceptors (Lipinski definition) is 3. The number of ether oxygens (including phenoxy) is 3. The van der Waals surface area contributed by atoms with Crippen molar-refractivity contribution in [1.29, 1.82) is 0 Å². The average Bonchev–Trinajstić information content (AvgIpc) is 2.71. The van der Waals surface area contributed by atoms with Crippen LogP contribution >= 0.6 is 0 Å². The predicted octanol–water partition coefficient (Wildman–Crippen LogP) is -2.04. The quantitative estimate of drug-likeness (QED) is 0.276. The first kappa shape index (κ1) is 30.4. The SMILES string of the molecule is COC1=CC=C=C[CH]1.COC1=CC=C=C[CH]1.COC1=CC=C=C[CH]1.[Bi+2].[Cl-].[Cl-]. The van der Waals surface area contributed by atoms with Gasteiger partial charge < -0.3 is 39.0 Å². The number of rotatable bonds is 3. The average molecular weight is 601 g/mol. The summed E-state index contributed by atoms with van der Waals surface area (Å²) < 4.78 is 14.7. The molecule has 3 aliphatic rings. The van der Waals surface area contributed by atoms with Gasteiger partial charge in [0.05, 0.1) is 40.6 Å². The van der Waals surface area contributed by atoms with E-state index < -0.39 is 0 Å². The monoisotopic (exact) mass is 600 g/mol. The third-order valence-electron chi connectivity index (χ3n) is 2.77. The van der Waals surface area contributed by atoms with Crippen LogP contribution in [0.25, 0.3) is 0 Å². The standard InChI is InChI=1S/3C7H7O.Bi.2ClH/c3*1-8-7-5-3-2-4-6-7;;;/h3*3-6H,1H3;;2*1H/q;;;+2;;/p-2. The van der Waals surface area contributed by atoms with Crippen LogP contribution in [-0.4, -0.2) is 47.5 Å². The van der Waals surface area contributed by atoms with Crippen molar-refractivity contribution in [3.05, 3.63) is 108 Å². The Morgan fingerprint density at radius 2 is 0.778 bits per heavy atom. The van der Waals surface area contributed by atoms with Gasteiger partial charge in [0.15, 0.2) is 0 Å². The Kier molecular flexibility index (Phi) is 23.6. The molecule has 0 atom stereocenters. The third-order valence-corrected chi connectivity index (χ3v) is 2.77. The van der Waals surface area contributed by atoms with Crippen LogP contribution in [0.3, 0.4) is 0 Å². The summed E-state index contributed by atoms with van der Waals surface area (Å²) in [6, 6.07) is 0. The molecule has 0 amide bonds. The van der Waals surface area contributed by atoms with Crippen LogP contribution in [0.1, 0.15) is 0 Å². The number of methoxy groups -OCH3 is 3. The van der Waals surface area contributed by atoms with Crippen molar-refractivity contribution in [2.45, 2.75) is 0 Å². The van der Waals surface area contributed by atoms with E-state index in [0.29, 0.717) is 0 Å². The van der Waals surface area contributed by atoms with Crippen molar-refractivity contribution in [2.24, 2.45) is 0 Å². The fourth-order valence-corrected chi connectivity index (χ4v) is 1.52. The fourth-order valence-electron chi connectivity index (χ4n) is 1.52. The maximum Gasteiger partial charge on any atom is 2.00 e. The van der Waals surface area contributed by atoms with Gasteiger partial charge in [0.1, 0.15) is 17.3 Å². The summed E-state index contributed by atoms with van der Waals surface area (Å²) in [5.74, 6) is 2.64. The molecule has 27 heavy (non-hydrogen) atoms. The first-order valence-corrected chi connectivity index (χ1v) is 7.30. The normalized spacial score (nSPS) is 14.1. The molecule has 0 saturated heterocycles. The van der Waals surface area contributed by atoms with Gasteiger partial charge in [-0.15, -0.1) is 17.2 Å². The van der Waals surface area contributed by atoms with Crippen LogP contribution in [0, 0.1) is 19.3 Å². The van der Waals surface area contributed by atoms with Crippen molar-refractivity contribution < 1.29 is 39.0 Å². The minimum atomic E-state index is 0. The van der Waals surface area contributed by atoms with Gasteiger partial charge in [-0.25, -0.2) is 0 Å². The van der Waals surface area contributed by atoms with Gasteiger partial charge in [0.2, 0.25) is 0 Å². The molecule has 0 aromatic heterocycles. The predicted molar refractivity (Wildman–Crippen MR) is 102 cm³/mol. The van der Waals surface area contributed by atoms with Crippen molar-refractivity contribution in [3.8, 4) is 0 Å². The van der Waals surface area contributed by atoms with E-state index in [4.69, 9.17) is 14.2 Å². The zero-order valence-corrected chi connectivity index (χ0v) is 20.3. The van der Waals surface area contributed by atoms with Gasteiger partial charge in [-0.05, 0) is 54.7 Å². The first-order valence-electron chi connectivity index (χ1n) is 7.30. The summed E-state index contributed by atoms with van der Waals surface area (Å²) >= 11 is 0. The van der Waals surface area contributed by atoms with Crippen molar-refractivity contribution in [3.63, 3.8) is 0 Å². The molecule has 0 heterocycles. The molecule has 0 aromatic carbocycles. The van der Waals surface area contributed by atoms with Crippen molar-refractivity contribution in [2.75, 3.05) is 21.3 Å². The Morgan fingerprint density at radius 1 is 0.519 bits per heavy atom. The zero-order chi connectivity index (χ0) is 17.5. The van der Waals surface area contributed by atoms with Crippen LogP contribution in [0.4, 0.5) is 0 Å². The van der Waals surface area contributed by atoms with E-state index in [1.54, 1.807) is 21.3 Å². The van der Waals surface area contributed by atoms with E-state index in [-0.39, 0.29) is 51.0 Å². The Hall–Kier alpha value is -1.36. The van der Waals surface area contributed by atoms with Gasteiger partial charge in [-0.3, -0.25) is 0 Å². The summed E-state index contributed by atoms with van der Waals surface area (Å²) in [7, 11) is 4.94. The molecular weight excluding hydrogens is 580 g/mol. The minimum absolute atomic E-state index is 0. The maximum atomic E-state index is 4.89. The Labute approximate surface area is 194 Å². The van der Waals surface area contributed by atoms with E-state index in [0.717, 1.165) is 17.3 Å². The number of allylic oxidation sites excluding steroid dienone is 6.